The van der Waals surface area contributed by atoms with Gasteiger partial charge in [0.25, 0.3) is 5.69 Å². The first kappa shape index (κ1) is 15.6. The second-order valence-electron chi connectivity index (χ2n) is 6.16. The van der Waals surface area contributed by atoms with E-state index in [4.69, 9.17) is 4.74 Å². The minimum Gasteiger partial charge on any atom is -0.347 e. The highest BCUT2D eigenvalue weighted by molar-refractivity contribution is 5.96. The summed E-state index contributed by atoms with van der Waals surface area (Å²) in [5, 5.41) is 11.3. The fraction of sp³-hybridized carbons (Fsp3) is 0.278. The number of ether oxygens (including phenoxy) is 1. The zero-order chi connectivity index (χ0) is 17.6. The van der Waals surface area contributed by atoms with Crippen molar-refractivity contribution in [3.63, 3.8) is 0 Å². The molecule has 7 heteroatoms. The summed E-state index contributed by atoms with van der Waals surface area (Å²) in [6.07, 6.45) is 0.721. The van der Waals surface area contributed by atoms with Gasteiger partial charge in [0, 0.05) is 36.9 Å². The van der Waals surface area contributed by atoms with E-state index in [2.05, 4.69) is 0 Å². The third-order valence-corrected chi connectivity index (χ3v) is 4.82. The number of hydrogen-bond donors (Lipinski definition) is 0. The molecule has 1 saturated heterocycles. The largest absolute Gasteiger partial charge is 0.347 e. The van der Waals surface area contributed by atoms with Gasteiger partial charge in [0.2, 0.25) is 0 Å². The number of carbonyl (C=O) groups is 1. The van der Waals surface area contributed by atoms with E-state index in [-0.39, 0.29) is 11.7 Å². The Morgan fingerprint density at radius 3 is 2.68 bits per heavy atom. The standard InChI is InChI=1S/C18H17N3O4/c1-19-16-9-8-14(21(23)24)12-15(16)18(13-6-3-2-4-7-13)20(17(19)22)10-5-11-25-18/h2-4,6-9,12H,5,10-11H2,1H3. The van der Waals surface area contributed by atoms with E-state index >= 15 is 0 Å². The van der Waals surface area contributed by atoms with E-state index in [0.717, 1.165) is 12.0 Å². The number of benzene rings is 2. The van der Waals surface area contributed by atoms with E-state index in [9.17, 15) is 14.9 Å². The van der Waals surface area contributed by atoms with Gasteiger partial charge in [0.05, 0.1) is 17.2 Å². The first-order valence-corrected chi connectivity index (χ1v) is 8.09. The van der Waals surface area contributed by atoms with Crippen LogP contribution in [0.25, 0.3) is 0 Å². The normalized spacial score (nSPS) is 22.4. The summed E-state index contributed by atoms with van der Waals surface area (Å²) in [4.78, 5) is 27.0. The lowest BCUT2D eigenvalue weighted by molar-refractivity contribution is -0.385. The molecule has 2 heterocycles. The van der Waals surface area contributed by atoms with Crippen molar-refractivity contribution in [3.05, 3.63) is 69.8 Å². The van der Waals surface area contributed by atoms with Crippen molar-refractivity contribution < 1.29 is 14.5 Å². The molecular formula is C18H17N3O4. The molecule has 0 saturated carbocycles. The molecule has 0 spiro atoms. The van der Waals surface area contributed by atoms with Crippen LogP contribution in [-0.2, 0) is 10.5 Å². The molecule has 4 rings (SSSR count). The second-order valence-corrected chi connectivity index (χ2v) is 6.16. The Morgan fingerprint density at radius 1 is 1.20 bits per heavy atom. The van der Waals surface area contributed by atoms with Gasteiger partial charge in [0.15, 0.2) is 5.72 Å². The number of hydrogen-bond acceptors (Lipinski definition) is 4. The number of rotatable bonds is 2. The maximum atomic E-state index is 13.0. The highest BCUT2D eigenvalue weighted by Crippen LogP contribution is 2.48. The van der Waals surface area contributed by atoms with E-state index in [1.54, 1.807) is 18.0 Å². The average molecular weight is 339 g/mol. The zero-order valence-corrected chi connectivity index (χ0v) is 13.7. The van der Waals surface area contributed by atoms with Crippen molar-refractivity contribution in [1.29, 1.82) is 0 Å². The number of nitrogens with zero attached hydrogens (tertiary/aromatic N) is 3. The van der Waals surface area contributed by atoms with Crippen LogP contribution in [0.1, 0.15) is 17.5 Å². The summed E-state index contributed by atoms with van der Waals surface area (Å²) < 4.78 is 6.19. The minimum atomic E-state index is -1.13. The van der Waals surface area contributed by atoms with Gasteiger partial charge in [-0.1, -0.05) is 30.3 Å². The molecule has 0 aliphatic carbocycles. The monoisotopic (exact) mass is 339 g/mol. The number of fused-ring (bicyclic) bond motifs is 3. The first-order chi connectivity index (χ1) is 12.1. The van der Waals surface area contributed by atoms with Crippen molar-refractivity contribution in [1.82, 2.24) is 4.90 Å². The molecule has 1 unspecified atom stereocenters. The summed E-state index contributed by atoms with van der Waals surface area (Å²) in [5.74, 6) is 0. The molecule has 1 fully saturated rings. The highest BCUT2D eigenvalue weighted by Gasteiger charge is 2.52. The van der Waals surface area contributed by atoms with Gasteiger partial charge in [-0.15, -0.1) is 0 Å². The van der Waals surface area contributed by atoms with Crippen LogP contribution in [0.3, 0.4) is 0 Å². The summed E-state index contributed by atoms with van der Waals surface area (Å²) in [5.41, 5.74) is 0.876. The zero-order valence-electron chi connectivity index (χ0n) is 13.7. The summed E-state index contributed by atoms with van der Waals surface area (Å²) in [6.45, 7) is 1.00. The van der Waals surface area contributed by atoms with Crippen molar-refractivity contribution >= 4 is 17.4 Å². The Labute approximate surface area is 144 Å². The third-order valence-electron chi connectivity index (χ3n) is 4.82. The topological polar surface area (TPSA) is 75.9 Å². The van der Waals surface area contributed by atoms with Crippen molar-refractivity contribution in [3.8, 4) is 0 Å². The number of nitro benzene ring substituents is 1. The first-order valence-electron chi connectivity index (χ1n) is 8.09. The molecule has 0 aromatic heterocycles. The summed E-state index contributed by atoms with van der Waals surface area (Å²) in [7, 11) is 1.68. The lowest BCUT2D eigenvalue weighted by Gasteiger charge is -2.52. The van der Waals surface area contributed by atoms with Crippen LogP contribution in [0.5, 0.6) is 0 Å². The average Bonchev–Trinajstić information content (AvgIpc) is 2.66. The Kier molecular flexibility index (Phi) is 3.47. The molecule has 2 aromatic rings. The molecule has 2 amide bonds. The van der Waals surface area contributed by atoms with Gasteiger partial charge >= 0.3 is 6.03 Å². The number of non-ortho nitro benzene ring substituents is 1. The molecular weight excluding hydrogens is 322 g/mol. The number of amides is 2. The second kappa shape index (κ2) is 5.56. The highest BCUT2D eigenvalue weighted by atomic mass is 16.6. The SMILES string of the molecule is CN1C(=O)N2CCCOC2(c2ccccc2)c2cc([N+](=O)[O-])ccc21. The Bertz CT molecular complexity index is 855. The molecule has 128 valence electrons. The molecule has 25 heavy (non-hydrogen) atoms. The molecule has 1 atom stereocenters. The molecule has 2 aromatic carbocycles. The lowest BCUT2D eigenvalue weighted by Crippen LogP contribution is -2.62. The maximum absolute atomic E-state index is 13.0. The van der Waals surface area contributed by atoms with Gasteiger partial charge in [-0.2, -0.15) is 0 Å². The third kappa shape index (κ3) is 2.12. The molecule has 0 bridgehead atoms. The Morgan fingerprint density at radius 2 is 1.96 bits per heavy atom. The van der Waals surface area contributed by atoms with Crippen LogP contribution < -0.4 is 4.90 Å². The number of urea groups is 1. The molecule has 2 aliphatic rings. The maximum Gasteiger partial charge on any atom is 0.327 e. The predicted molar refractivity (Wildman–Crippen MR) is 91.4 cm³/mol. The van der Waals surface area contributed by atoms with Gasteiger partial charge < -0.3 is 4.74 Å². The summed E-state index contributed by atoms with van der Waals surface area (Å²) >= 11 is 0. The fourth-order valence-corrected chi connectivity index (χ4v) is 3.68. The number of nitro groups is 1. The number of anilines is 1. The Balaban J connectivity index is 2.04. The van der Waals surface area contributed by atoms with Gasteiger partial charge in [-0.3, -0.25) is 19.9 Å². The van der Waals surface area contributed by atoms with Crippen LogP contribution in [0.15, 0.2) is 48.5 Å². The molecule has 0 N–H and O–H groups in total. The van der Waals surface area contributed by atoms with Crippen LogP contribution in [0.4, 0.5) is 16.2 Å². The fourth-order valence-electron chi connectivity index (χ4n) is 3.68. The van der Waals surface area contributed by atoms with Crippen molar-refractivity contribution in [2.24, 2.45) is 0 Å². The number of carbonyl (C=O) groups excluding carboxylic acids is 1. The lowest BCUT2D eigenvalue weighted by atomic mass is 9.87. The van der Waals surface area contributed by atoms with Crippen LogP contribution in [0, 0.1) is 10.1 Å². The molecule has 2 aliphatic heterocycles. The van der Waals surface area contributed by atoms with Gasteiger partial charge in [-0.05, 0) is 12.5 Å². The summed E-state index contributed by atoms with van der Waals surface area (Å²) in [6, 6.07) is 13.8. The van der Waals surface area contributed by atoms with Crippen molar-refractivity contribution in [2.45, 2.75) is 12.1 Å². The van der Waals surface area contributed by atoms with Crippen LogP contribution >= 0.6 is 0 Å². The molecule has 0 radical (unpaired) electrons. The van der Waals surface area contributed by atoms with Crippen LogP contribution in [0.2, 0.25) is 0 Å². The van der Waals surface area contributed by atoms with Crippen LogP contribution in [-0.4, -0.2) is 36.1 Å². The molecule has 7 nitrogen and oxygen atoms in total. The van der Waals surface area contributed by atoms with E-state index < -0.39 is 10.6 Å². The van der Waals surface area contributed by atoms with E-state index in [0.29, 0.717) is 24.4 Å². The van der Waals surface area contributed by atoms with E-state index in [1.807, 2.05) is 30.3 Å². The predicted octanol–water partition coefficient (Wildman–Crippen LogP) is 3.09. The minimum absolute atomic E-state index is 0.0223. The smallest absolute Gasteiger partial charge is 0.327 e. The Hall–Kier alpha value is -2.93. The van der Waals surface area contributed by atoms with Gasteiger partial charge in [-0.25, -0.2) is 4.79 Å². The van der Waals surface area contributed by atoms with E-state index in [1.165, 1.54) is 17.0 Å². The quantitative estimate of drug-likeness (QED) is 0.622. The van der Waals surface area contributed by atoms with Crippen molar-refractivity contribution in [2.75, 3.05) is 25.1 Å². The van der Waals surface area contributed by atoms with Gasteiger partial charge in [0.1, 0.15) is 0 Å².